The van der Waals surface area contributed by atoms with Crippen LogP contribution in [0.5, 0.6) is 0 Å². The summed E-state index contributed by atoms with van der Waals surface area (Å²) in [4.78, 5) is 0. The first-order valence-electron chi connectivity index (χ1n) is 4.86. The van der Waals surface area contributed by atoms with Gasteiger partial charge in [-0.3, -0.25) is 0 Å². The Bertz CT molecular complexity index is 231. The lowest BCUT2D eigenvalue weighted by molar-refractivity contribution is 0.554. The minimum Gasteiger partial charge on any atom is -0.317 e. The minimum atomic E-state index is -3.05. The lowest BCUT2D eigenvalue weighted by Gasteiger charge is -2.14. The third-order valence-electron chi connectivity index (χ3n) is 2.31. The highest BCUT2D eigenvalue weighted by atomic mass is 32.2. The maximum atomic E-state index is 11.6. The van der Waals surface area contributed by atoms with Crippen LogP contribution in [0.3, 0.4) is 0 Å². The Hall–Kier alpha value is -0.130. The predicted molar refractivity (Wildman–Crippen MR) is 53.1 cm³/mol. The van der Waals surface area contributed by atoms with Crippen LogP contribution in [0.1, 0.15) is 26.2 Å². The van der Waals surface area contributed by atoms with E-state index in [4.69, 9.17) is 0 Å². The van der Waals surface area contributed by atoms with Gasteiger partial charge in [0, 0.05) is 6.54 Å². The first kappa shape index (κ1) is 10.9. The summed E-state index contributed by atoms with van der Waals surface area (Å²) in [7, 11) is -3.05. The average Bonchev–Trinajstić information content (AvgIpc) is 2.31. The molecule has 1 aliphatic rings. The highest BCUT2D eigenvalue weighted by molar-refractivity contribution is 7.90. The van der Waals surface area contributed by atoms with Crippen molar-refractivity contribution in [3.8, 4) is 0 Å². The summed E-state index contributed by atoms with van der Waals surface area (Å²) in [5.41, 5.74) is 0. The molecule has 1 atom stereocenters. The van der Waals surface area contributed by atoms with Gasteiger partial charge >= 0.3 is 0 Å². The molecule has 78 valence electrons. The van der Waals surface area contributed by atoms with E-state index in [1.807, 2.05) is 6.92 Å². The summed E-state index contributed by atoms with van der Waals surface area (Å²) >= 11 is 0. The summed E-state index contributed by atoms with van der Waals surface area (Å²) in [5.74, 6) is 0. The summed E-state index contributed by atoms with van der Waals surface area (Å²) in [6, 6.07) is 0. The Labute approximate surface area is 80.1 Å². The lowest BCUT2D eigenvalue weighted by Crippen LogP contribution is -2.34. The van der Waals surface area contributed by atoms with Crippen molar-refractivity contribution >= 4 is 10.0 Å². The third-order valence-corrected chi connectivity index (χ3v) is 4.35. The summed E-state index contributed by atoms with van der Waals surface area (Å²) < 4.78 is 25.8. The van der Waals surface area contributed by atoms with Gasteiger partial charge in [0.25, 0.3) is 0 Å². The van der Waals surface area contributed by atoms with Gasteiger partial charge in [-0.25, -0.2) is 13.1 Å². The van der Waals surface area contributed by atoms with Gasteiger partial charge in [0.15, 0.2) is 0 Å². The van der Waals surface area contributed by atoms with Crippen LogP contribution in [0.2, 0.25) is 0 Å². The molecule has 1 fully saturated rings. The van der Waals surface area contributed by atoms with E-state index in [0.717, 1.165) is 32.4 Å². The quantitative estimate of drug-likeness (QED) is 0.687. The van der Waals surface area contributed by atoms with Crippen LogP contribution in [0.15, 0.2) is 0 Å². The Morgan fingerprint density at radius 2 is 2.15 bits per heavy atom. The molecule has 4 nitrogen and oxygen atoms in total. The van der Waals surface area contributed by atoms with E-state index in [1.54, 1.807) is 0 Å². The van der Waals surface area contributed by atoms with E-state index < -0.39 is 10.0 Å². The van der Waals surface area contributed by atoms with Gasteiger partial charge in [0.05, 0.1) is 5.25 Å². The van der Waals surface area contributed by atoms with Gasteiger partial charge in [-0.05, 0) is 32.4 Å². The maximum absolute atomic E-state index is 11.6. The molecule has 1 unspecified atom stereocenters. The van der Waals surface area contributed by atoms with Crippen LogP contribution in [0, 0.1) is 0 Å². The van der Waals surface area contributed by atoms with Crippen LogP contribution in [0.4, 0.5) is 0 Å². The van der Waals surface area contributed by atoms with E-state index in [9.17, 15) is 8.42 Å². The van der Waals surface area contributed by atoms with Crippen molar-refractivity contribution in [2.45, 2.75) is 31.4 Å². The fourth-order valence-corrected chi connectivity index (χ4v) is 3.16. The smallest absolute Gasteiger partial charge is 0.214 e. The summed E-state index contributed by atoms with van der Waals surface area (Å²) in [6.07, 6.45) is 2.47. The molecular weight excluding hydrogens is 188 g/mol. The SMILES string of the molecule is CCNS(=O)(=O)C1CCCNCC1. The standard InChI is InChI=1S/C8H18N2O2S/c1-2-10-13(11,12)8-4-3-6-9-7-5-8/h8-10H,2-7H2,1H3. The van der Waals surface area contributed by atoms with Crippen LogP contribution in [-0.2, 0) is 10.0 Å². The van der Waals surface area contributed by atoms with E-state index in [2.05, 4.69) is 10.0 Å². The minimum absolute atomic E-state index is 0.192. The van der Waals surface area contributed by atoms with Gasteiger partial charge in [-0.15, -0.1) is 0 Å². The zero-order chi connectivity index (χ0) is 9.73. The molecule has 0 spiro atoms. The fraction of sp³-hybridized carbons (Fsp3) is 1.00. The Kier molecular flexibility index (Phi) is 4.15. The molecule has 0 aromatic carbocycles. The first-order valence-corrected chi connectivity index (χ1v) is 6.40. The van der Waals surface area contributed by atoms with Gasteiger partial charge in [0.1, 0.15) is 0 Å². The molecule has 13 heavy (non-hydrogen) atoms. The molecule has 1 heterocycles. The summed E-state index contributed by atoms with van der Waals surface area (Å²) in [6.45, 7) is 4.06. The first-order chi connectivity index (χ1) is 6.17. The zero-order valence-corrected chi connectivity index (χ0v) is 8.86. The molecule has 0 radical (unpaired) electrons. The lowest BCUT2D eigenvalue weighted by atomic mass is 10.2. The Morgan fingerprint density at radius 3 is 2.85 bits per heavy atom. The number of rotatable bonds is 3. The van der Waals surface area contributed by atoms with E-state index in [1.165, 1.54) is 0 Å². The molecule has 2 N–H and O–H groups in total. The normalized spacial score (nSPS) is 25.5. The number of hydrogen-bond donors (Lipinski definition) is 2. The second-order valence-electron chi connectivity index (χ2n) is 3.35. The van der Waals surface area contributed by atoms with Crippen molar-refractivity contribution in [2.75, 3.05) is 19.6 Å². The third kappa shape index (κ3) is 3.25. The molecule has 5 heteroatoms. The van der Waals surface area contributed by atoms with E-state index >= 15 is 0 Å². The monoisotopic (exact) mass is 206 g/mol. The molecular formula is C8H18N2O2S. The topological polar surface area (TPSA) is 58.2 Å². The molecule has 0 aliphatic carbocycles. The van der Waals surface area contributed by atoms with Crippen molar-refractivity contribution in [3.63, 3.8) is 0 Å². The van der Waals surface area contributed by atoms with Crippen molar-refractivity contribution in [1.82, 2.24) is 10.0 Å². The zero-order valence-electron chi connectivity index (χ0n) is 8.04. The van der Waals surface area contributed by atoms with Gasteiger partial charge in [-0.2, -0.15) is 0 Å². The number of nitrogens with one attached hydrogen (secondary N) is 2. The maximum Gasteiger partial charge on any atom is 0.214 e. The van der Waals surface area contributed by atoms with Crippen molar-refractivity contribution in [3.05, 3.63) is 0 Å². The second kappa shape index (κ2) is 4.93. The van der Waals surface area contributed by atoms with Crippen LogP contribution >= 0.6 is 0 Å². The van der Waals surface area contributed by atoms with Crippen molar-refractivity contribution in [2.24, 2.45) is 0 Å². The van der Waals surface area contributed by atoms with Gasteiger partial charge in [-0.1, -0.05) is 6.92 Å². The summed E-state index contributed by atoms with van der Waals surface area (Å²) in [5, 5.41) is 3.01. The number of hydrogen-bond acceptors (Lipinski definition) is 3. The Balaban J connectivity index is 2.57. The molecule has 0 saturated carbocycles. The molecule has 1 saturated heterocycles. The highest BCUT2D eigenvalue weighted by Crippen LogP contribution is 2.13. The average molecular weight is 206 g/mol. The van der Waals surface area contributed by atoms with Crippen LogP contribution in [-0.4, -0.2) is 33.3 Å². The van der Waals surface area contributed by atoms with Crippen LogP contribution in [0.25, 0.3) is 0 Å². The second-order valence-corrected chi connectivity index (χ2v) is 5.39. The van der Waals surface area contributed by atoms with E-state index in [-0.39, 0.29) is 5.25 Å². The Morgan fingerprint density at radius 1 is 1.38 bits per heavy atom. The predicted octanol–water partition coefficient (Wildman–Crippen LogP) is 0.0678. The fourth-order valence-electron chi connectivity index (χ4n) is 1.62. The van der Waals surface area contributed by atoms with E-state index in [0.29, 0.717) is 6.54 Å². The largest absolute Gasteiger partial charge is 0.317 e. The molecule has 0 aromatic rings. The van der Waals surface area contributed by atoms with Gasteiger partial charge < -0.3 is 5.32 Å². The highest BCUT2D eigenvalue weighted by Gasteiger charge is 2.24. The molecule has 1 aliphatic heterocycles. The van der Waals surface area contributed by atoms with Crippen molar-refractivity contribution in [1.29, 1.82) is 0 Å². The molecule has 0 bridgehead atoms. The molecule has 0 aromatic heterocycles. The molecule has 0 amide bonds. The number of sulfonamides is 1. The van der Waals surface area contributed by atoms with Crippen LogP contribution < -0.4 is 10.0 Å². The van der Waals surface area contributed by atoms with Gasteiger partial charge in [0.2, 0.25) is 10.0 Å². The molecule has 1 rings (SSSR count). The van der Waals surface area contributed by atoms with Crippen molar-refractivity contribution < 1.29 is 8.42 Å².